The number of allylic oxidation sites excluding steroid dienone is 3. The van der Waals surface area contributed by atoms with Crippen LogP contribution in [-0.4, -0.2) is 60.4 Å². The summed E-state index contributed by atoms with van der Waals surface area (Å²) < 4.78 is 23.1. The van der Waals surface area contributed by atoms with E-state index in [0.29, 0.717) is 18.3 Å². The molecule has 0 aromatic rings. The summed E-state index contributed by atoms with van der Waals surface area (Å²) in [5, 5.41) is 12.5. The number of carbonyl (C=O) groups excluding carboxylic acids is 1. The molecule has 7 nitrogen and oxygen atoms in total. The van der Waals surface area contributed by atoms with Gasteiger partial charge < -0.3 is 24.1 Å². The molecule has 4 aliphatic carbocycles. The van der Waals surface area contributed by atoms with E-state index in [1.54, 1.807) is 0 Å². The van der Waals surface area contributed by atoms with Crippen LogP contribution in [0.15, 0.2) is 35.8 Å². The summed E-state index contributed by atoms with van der Waals surface area (Å²) in [6.07, 6.45) is 17.5. The van der Waals surface area contributed by atoms with Crippen LogP contribution in [0.25, 0.3) is 0 Å². The van der Waals surface area contributed by atoms with Gasteiger partial charge in [0.05, 0.1) is 17.6 Å². The number of likely N-dealkylation sites (tertiary alicyclic amines) is 1. The van der Waals surface area contributed by atoms with Crippen LogP contribution in [0.3, 0.4) is 0 Å². The molecule has 6 aliphatic rings. The van der Waals surface area contributed by atoms with E-state index >= 15 is 0 Å². The van der Waals surface area contributed by atoms with Crippen LogP contribution < -0.4 is 0 Å². The lowest BCUT2D eigenvalue weighted by atomic mass is 9.44. The maximum Gasteiger partial charge on any atom is 0.511 e. The predicted molar refractivity (Wildman–Crippen MR) is 147 cm³/mol. The van der Waals surface area contributed by atoms with Crippen molar-refractivity contribution in [2.75, 3.05) is 26.5 Å². The van der Waals surface area contributed by atoms with Crippen LogP contribution in [0, 0.1) is 23.2 Å². The molecule has 39 heavy (non-hydrogen) atoms. The first-order valence-electron chi connectivity index (χ1n) is 15.6. The van der Waals surface area contributed by atoms with E-state index in [4.69, 9.17) is 18.9 Å². The number of nitrogens with zero attached hydrogens (tertiary/aromatic N) is 1. The summed E-state index contributed by atoms with van der Waals surface area (Å²) in [5.41, 5.74) is -0.0798. The van der Waals surface area contributed by atoms with E-state index in [9.17, 15) is 9.90 Å². The summed E-state index contributed by atoms with van der Waals surface area (Å²) in [4.78, 5) is 14.7. The van der Waals surface area contributed by atoms with E-state index < -0.39 is 11.8 Å². The van der Waals surface area contributed by atoms with Crippen LogP contribution in [-0.2, 0) is 18.9 Å². The summed E-state index contributed by atoms with van der Waals surface area (Å²) in [6.45, 7) is 8.88. The zero-order valence-electron chi connectivity index (χ0n) is 23.7. The van der Waals surface area contributed by atoms with Crippen molar-refractivity contribution in [3.05, 3.63) is 35.8 Å². The molecule has 1 N–H and O–H groups in total. The SMILES string of the molecule is C=C1CC[C@@]2(O)C3CC4C=CC(OCOC(=O)OCCCCCCCCC)=C5O[C@@H]1[C@]2(CCN3CC1CC1)C54. The van der Waals surface area contributed by atoms with Gasteiger partial charge in [0.1, 0.15) is 11.9 Å². The van der Waals surface area contributed by atoms with Gasteiger partial charge >= 0.3 is 6.16 Å². The number of rotatable bonds is 13. The van der Waals surface area contributed by atoms with E-state index in [1.807, 2.05) is 6.08 Å². The molecule has 3 unspecified atom stereocenters. The van der Waals surface area contributed by atoms with Crippen LogP contribution in [0.1, 0.15) is 90.4 Å². The fourth-order valence-corrected chi connectivity index (χ4v) is 8.50. The number of unbranched alkanes of at least 4 members (excludes halogenated alkanes) is 6. The van der Waals surface area contributed by atoms with Gasteiger partial charge in [0.15, 0.2) is 5.76 Å². The highest BCUT2D eigenvalue weighted by molar-refractivity contribution is 5.59. The lowest BCUT2D eigenvalue weighted by Crippen LogP contribution is -2.75. The third kappa shape index (κ3) is 4.81. The van der Waals surface area contributed by atoms with Crippen molar-refractivity contribution in [2.24, 2.45) is 23.2 Å². The van der Waals surface area contributed by atoms with Gasteiger partial charge in [-0.05, 0) is 75.0 Å². The van der Waals surface area contributed by atoms with Crippen molar-refractivity contribution in [2.45, 2.75) is 108 Å². The van der Waals surface area contributed by atoms with Crippen LogP contribution in [0.2, 0.25) is 0 Å². The Labute approximate surface area is 233 Å². The van der Waals surface area contributed by atoms with E-state index in [-0.39, 0.29) is 30.3 Å². The molecule has 6 atom stereocenters. The van der Waals surface area contributed by atoms with E-state index in [0.717, 1.165) is 68.9 Å². The summed E-state index contributed by atoms with van der Waals surface area (Å²) >= 11 is 0. The molecule has 1 spiro atoms. The Morgan fingerprint density at radius 1 is 1.15 bits per heavy atom. The molecule has 5 fully saturated rings. The fourth-order valence-electron chi connectivity index (χ4n) is 8.50. The molecule has 2 heterocycles. The first kappa shape index (κ1) is 27.2. The molecule has 7 heteroatoms. The molecule has 2 saturated heterocycles. The Bertz CT molecular complexity index is 1000. The number of carbonyl (C=O) groups is 1. The van der Waals surface area contributed by atoms with Crippen molar-refractivity contribution >= 4 is 6.16 Å². The minimum absolute atomic E-state index is 0.0631. The minimum atomic E-state index is -0.790. The summed E-state index contributed by atoms with van der Waals surface area (Å²) in [5.74, 6) is 2.57. The molecule has 0 radical (unpaired) electrons. The molecule has 0 aromatic heterocycles. The van der Waals surface area contributed by atoms with Crippen molar-refractivity contribution in [1.29, 1.82) is 0 Å². The molecule has 2 bridgehead atoms. The Balaban J connectivity index is 1.07. The van der Waals surface area contributed by atoms with Gasteiger partial charge in [-0.15, -0.1) is 0 Å². The molecule has 0 amide bonds. The first-order chi connectivity index (χ1) is 19.0. The van der Waals surface area contributed by atoms with Gasteiger partial charge in [-0.25, -0.2) is 4.79 Å². The second-order valence-electron chi connectivity index (χ2n) is 12.9. The highest BCUT2D eigenvalue weighted by Gasteiger charge is 2.76. The third-order valence-electron chi connectivity index (χ3n) is 10.6. The van der Waals surface area contributed by atoms with Crippen molar-refractivity contribution < 1.29 is 28.8 Å². The monoisotopic (exact) mass is 541 g/mol. The molecular weight excluding hydrogens is 494 g/mol. The first-order valence-corrected chi connectivity index (χ1v) is 15.6. The lowest BCUT2D eigenvalue weighted by molar-refractivity contribution is -0.240. The second-order valence-corrected chi connectivity index (χ2v) is 12.9. The fraction of sp³-hybridized carbons (Fsp3) is 0.781. The average molecular weight is 542 g/mol. The lowest BCUT2D eigenvalue weighted by Gasteiger charge is -2.66. The van der Waals surface area contributed by atoms with Crippen molar-refractivity contribution in [3.8, 4) is 0 Å². The quantitative estimate of drug-likeness (QED) is 0.128. The highest BCUT2D eigenvalue weighted by Crippen LogP contribution is 2.70. The van der Waals surface area contributed by atoms with Crippen LogP contribution in [0.5, 0.6) is 0 Å². The van der Waals surface area contributed by atoms with Crippen LogP contribution >= 0.6 is 0 Å². The van der Waals surface area contributed by atoms with Gasteiger partial charge in [0, 0.05) is 18.5 Å². The zero-order valence-corrected chi connectivity index (χ0v) is 23.7. The molecule has 216 valence electrons. The largest absolute Gasteiger partial charge is 0.511 e. The maximum atomic E-state index is 12.5. The number of aliphatic hydroxyl groups is 1. The van der Waals surface area contributed by atoms with Crippen molar-refractivity contribution in [3.63, 3.8) is 0 Å². The standard InChI is InChI=1S/C32H47NO6/c1-3-4-5-6-7-8-9-18-36-30(34)38-21-37-25-13-12-24-19-26-32(35)15-14-22(2)29-31(32,27(24)28(25)39-29)16-17-33(26)20-23-10-11-23/h12-13,23-24,26-27,29,35H,2-11,14-21H2,1H3/t24?,26?,27?,29-,31-,32+/m0/s1. The molecular formula is C32H47NO6. The Hall–Kier alpha value is -1.99. The number of hydrogen-bond acceptors (Lipinski definition) is 7. The number of piperidine rings is 1. The van der Waals surface area contributed by atoms with Gasteiger partial charge in [-0.3, -0.25) is 4.90 Å². The van der Waals surface area contributed by atoms with Crippen molar-refractivity contribution in [1.82, 2.24) is 4.90 Å². The van der Waals surface area contributed by atoms with Gasteiger partial charge in [0.2, 0.25) is 6.79 Å². The summed E-state index contributed by atoms with van der Waals surface area (Å²) in [6, 6.07) is 0.160. The molecule has 3 saturated carbocycles. The Morgan fingerprint density at radius 3 is 2.74 bits per heavy atom. The third-order valence-corrected chi connectivity index (χ3v) is 10.6. The second kappa shape index (κ2) is 11.1. The number of hydrogen-bond donors (Lipinski definition) is 1. The average Bonchev–Trinajstić information content (AvgIpc) is 3.67. The van der Waals surface area contributed by atoms with Gasteiger partial charge in [-0.2, -0.15) is 0 Å². The normalized spacial score (nSPS) is 36.4. The Kier molecular flexibility index (Phi) is 7.75. The van der Waals surface area contributed by atoms with E-state index in [2.05, 4.69) is 24.5 Å². The smallest absolute Gasteiger partial charge is 0.485 e. The summed E-state index contributed by atoms with van der Waals surface area (Å²) in [7, 11) is 0. The predicted octanol–water partition coefficient (Wildman–Crippen LogP) is 6.23. The zero-order chi connectivity index (χ0) is 27.0. The minimum Gasteiger partial charge on any atom is -0.485 e. The topological polar surface area (TPSA) is 77.5 Å². The van der Waals surface area contributed by atoms with Crippen LogP contribution in [0.4, 0.5) is 4.79 Å². The van der Waals surface area contributed by atoms with E-state index in [1.165, 1.54) is 44.9 Å². The van der Waals surface area contributed by atoms with Gasteiger partial charge in [-0.1, -0.05) is 58.1 Å². The number of ether oxygens (including phenoxy) is 4. The molecule has 0 aromatic carbocycles. The Morgan fingerprint density at radius 2 is 1.95 bits per heavy atom. The van der Waals surface area contributed by atoms with Gasteiger partial charge in [0.25, 0.3) is 0 Å². The highest BCUT2D eigenvalue weighted by atomic mass is 16.8. The maximum absolute atomic E-state index is 12.5. The molecule has 2 aliphatic heterocycles. The molecule has 6 rings (SSSR count).